The highest BCUT2D eigenvalue weighted by atomic mass is 19.4. The van der Waals surface area contributed by atoms with Crippen LogP contribution in [0.3, 0.4) is 0 Å². The lowest BCUT2D eigenvalue weighted by atomic mass is 9.85. The Balaban J connectivity index is 1.45. The van der Waals surface area contributed by atoms with Gasteiger partial charge < -0.3 is 10.4 Å². The van der Waals surface area contributed by atoms with Crippen LogP contribution in [0.2, 0.25) is 0 Å². The molecule has 2 N–H and O–H groups in total. The van der Waals surface area contributed by atoms with E-state index in [0.717, 1.165) is 43.6 Å². The topological polar surface area (TPSA) is 92.9 Å². The molecule has 1 aliphatic carbocycles. The molecule has 1 saturated carbocycles. The van der Waals surface area contributed by atoms with Gasteiger partial charge in [-0.1, -0.05) is 0 Å². The van der Waals surface area contributed by atoms with Crippen molar-refractivity contribution in [2.45, 2.75) is 50.8 Å². The molecule has 168 valence electrons. The number of carbonyl (C=O) groups excluding carboxylic acids is 1. The fourth-order valence-electron chi connectivity index (χ4n) is 3.83. The van der Waals surface area contributed by atoms with Gasteiger partial charge in [-0.05, 0) is 56.9 Å². The second-order valence-corrected chi connectivity index (χ2v) is 7.89. The van der Waals surface area contributed by atoms with Gasteiger partial charge in [-0.2, -0.15) is 18.3 Å². The van der Waals surface area contributed by atoms with Crippen LogP contribution in [-0.4, -0.2) is 36.9 Å². The van der Waals surface area contributed by atoms with Crippen LogP contribution in [0.5, 0.6) is 0 Å². The third-order valence-corrected chi connectivity index (χ3v) is 5.71. The van der Waals surface area contributed by atoms with E-state index in [-0.39, 0.29) is 17.5 Å². The molecule has 10 heteroatoms. The summed E-state index contributed by atoms with van der Waals surface area (Å²) in [4.78, 5) is 21.0. The summed E-state index contributed by atoms with van der Waals surface area (Å²) < 4.78 is 39.5. The van der Waals surface area contributed by atoms with Crippen LogP contribution >= 0.6 is 0 Å². The number of anilines is 1. The zero-order valence-corrected chi connectivity index (χ0v) is 17.3. The molecule has 3 heterocycles. The molecule has 0 saturated heterocycles. The van der Waals surface area contributed by atoms with Gasteiger partial charge in [0.05, 0.1) is 41.0 Å². The standard InChI is InChI=1S/C22H22F3N5O2/c1-13-18(12-28-30(13)20-9-4-15(10-27-20)22(23,24)25)21(32)29-16-5-8-19(26-11-16)14-2-6-17(31)7-3-14/h4-5,8-12,14,17,31H,2-3,6-7H2,1H3,(H,29,32)/t14-,17-. The smallest absolute Gasteiger partial charge is 0.393 e. The lowest BCUT2D eigenvalue weighted by Gasteiger charge is -2.24. The maximum atomic E-state index is 12.7. The minimum absolute atomic E-state index is 0.179. The fourth-order valence-corrected chi connectivity index (χ4v) is 3.83. The Morgan fingerprint density at radius 2 is 1.81 bits per heavy atom. The first-order chi connectivity index (χ1) is 15.2. The van der Waals surface area contributed by atoms with Crippen molar-refractivity contribution in [3.05, 3.63) is 65.4 Å². The van der Waals surface area contributed by atoms with Gasteiger partial charge in [-0.3, -0.25) is 9.78 Å². The molecular weight excluding hydrogens is 423 g/mol. The van der Waals surface area contributed by atoms with E-state index in [1.54, 1.807) is 19.2 Å². The van der Waals surface area contributed by atoms with E-state index in [9.17, 15) is 23.1 Å². The largest absolute Gasteiger partial charge is 0.417 e. The van der Waals surface area contributed by atoms with Crippen molar-refractivity contribution in [3.63, 3.8) is 0 Å². The average Bonchev–Trinajstić information content (AvgIpc) is 3.16. The second-order valence-electron chi connectivity index (χ2n) is 7.89. The maximum Gasteiger partial charge on any atom is 0.417 e. The molecular formula is C22H22F3N5O2. The molecule has 0 atom stereocenters. The fraction of sp³-hybridized carbons (Fsp3) is 0.364. The number of aliphatic hydroxyl groups is 1. The van der Waals surface area contributed by atoms with Crippen LogP contribution in [0.15, 0.2) is 42.9 Å². The predicted octanol–water partition coefficient (Wildman–Crippen LogP) is 4.26. The lowest BCUT2D eigenvalue weighted by Crippen LogP contribution is -2.18. The summed E-state index contributed by atoms with van der Waals surface area (Å²) in [5.41, 5.74) is 1.32. The molecule has 32 heavy (non-hydrogen) atoms. The predicted molar refractivity (Wildman–Crippen MR) is 111 cm³/mol. The summed E-state index contributed by atoms with van der Waals surface area (Å²) in [6.45, 7) is 1.64. The van der Waals surface area contributed by atoms with Gasteiger partial charge in [0, 0.05) is 17.8 Å². The number of nitrogens with one attached hydrogen (secondary N) is 1. The van der Waals surface area contributed by atoms with Crippen molar-refractivity contribution in [1.82, 2.24) is 19.7 Å². The molecule has 4 rings (SSSR count). The van der Waals surface area contributed by atoms with E-state index >= 15 is 0 Å². The number of amides is 1. The van der Waals surface area contributed by atoms with E-state index in [4.69, 9.17) is 0 Å². The Kier molecular flexibility index (Phi) is 5.96. The van der Waals surface area contributed by atoms with Crippen LogP contribution in [0, 0.1) is 6.92 Å². The Hall–Kier alpha value is -3.27. The first kappa shape index (κ1) is 21.9. The number of halogens is 3. The number of rotatable bonds is 4. The van der Waals surface area contributed by atoms with Crippen LogP contribution < -0.4 is 5.32 Å². The van der Waals surface area contributed by atoms with Gasteiger partial charge in [-0.25, -0.2) is 9.67 Å². The summed E-state index contributed by atoms with van der Waals surface area (Å²) >= 11 is 0. The number of hydrogen-bond acceptors (Lipinski definition) is 5. The van der Waals surface area contributed by atoms with Crippen LogP contribution in [0.1, 0.15) is 58.9 Å². The molecule has 0 aliphatic heterocycles. The van der Waals surface area contributed by atoms with Gasteiger partial charge >= 0.3 is 6.18 Å². The maximum absolute atomic E-state index is 12.7. The zero-order chi connectivity index (χ0) is 22.9. The van der Waals surface area contributed by atoms with Crippen molar-refractivity contribution in [2.75, 3.05) is 5.32 Å². The van der Waals surface area contributed by atoms with Gasteiger partial charge in [0.15, 0.2) is 5.82 Å². The van der Waals surface area contributed by atoms with Crippen molar-refractivity contribution >= 4 is 11.6 Å². The second kappa shape index (κ2) is 8.70. The third-order valence-electron chi connectivity index (χ3n) is 5.71. The number of hydrogen-bond donors (Lipinski definition) is 2. The van der Waals surface area contributed by atoms with Gasteiger partial charge in [0.25, 0.3) is 5.91 Å². The van der Waals surface area contributed by atoms with Crippen LogP contribution in [-0.2, 0) is 6.18 Å². The molecule has 3 aromatic rings. The molecule has 1 amide bonds. The molecule has 7 nitrogen and oxygen atoms in total. The van der Waals surface area contributed by atoms with Gasteiger partial charge in [0.1, 0.15) is 0 Å². The van der Waals surface area contributed by atoms with E-state index in [1.165, 1.54) is 16.9 Å². The molecule has 1 aliphatic rings. The van der Waals surface area contributed by atoms with Crippen LogP contribution in [0.25, 0.3) is 5.82 Å². The highest BCUT2D eigenvalue weighted by Gasteiger charge is 2.31. The highest BCUT2D eigenvalue weighted by molar-refractivity contribution is 6.04. The van der Waals surface area contributed by atoms with Crippen molar-refractivity contribution < 1.29 is 23.1 Å². The summed E-state index contributed by atoms with van der Waals surface area (Å²) in [5, 5.41) is 16.5. The zero-order valence-electron chi connectivity index (χ0n) is 17.3. The molecule has 0 aromatic carbocycles. The molecule has 0 unspecified atom stereocenters. The first-order valence-corrected chi connectivity index (χ1v) is 10.3. The Morgan fingerprint density at radius 1 is 1.06 bits per heavy atom. The molecule has 0 bridgehead atoms. The molecule has 0 spiro atoms. The summed E-state index contributed by atoms with van der Waals surface area (Å²) in [7, 11) is 0. The summed E-state index contributed by atoms with van der Waals surface area (Å²) in [6, 6.07) is 5.78. The average molecular weight is 445 g/mol. The Labute approximate surface area is 182 Å². The van der Waals surface area contributed by atoms with Crippen molar-refractivity contribution in [3.8, 4) is 5.82 Å². The number of aliphatic hydroxyl groups excluding tert-OH is 1. The number of nitrogens with zero attached hydrogens (tertiary/aromatic N) is 4. The SMILES string of the molecule is Cc1c(C(=O)Nc2ccc([C@H]3CC[C@H](O)CC3)nc2)cnn1-c1ccc(C(F)(F)F)cn1. The van der Waals surface area contributed by atoms with Gasteiger partial charge in [-0.15, -0.1) is 0 Å². The minimum atomic E-state index is -4.47. The number of aromatic nitrogens is 4. The van der Waals surface area contributed by atoms with E-state index < -0.39 is 17.6 Å². The van der Waals surface area contributed by atoms with E-state index in [1.807, 2.05) is 6.07 Å². The molecule has 1 fully saturated rings. The van der Waals surface area contributed by atoms with Crippen molar-refractivity contribution in [1.29, 1.82) is 0 Å². The normalized spacial score (nSPS) is 19.0. The Morgan fingerprint density at radius 3 is 2.41 bits per heavy atom. The van der Waals surface area contributed by atoms with Gasteiger partial charge in [0.2, 0.25) is 0 Å². The summed E-state index contributed by atoms with van der Waals surface area (Å²) in [6.07, 6.45) is 2.27. The molecule has 0 radical (unpaired) electrons. The number of alkyl halides is 3. The third kappa shape index (κ3) is 4.64. The van der Waals surface area contributed by atoms with Crippen LogP contribution in [0.4, 0.5) is 18.9 Å². The highest BCUT2D eigenvalue weighted by Crippen LogP contribution is 2.32. The first-order valence-electron chi connectivity index (χ1n) is 10.3. The minimum Gasteiger partial charge on any atom is -0.393 e. The van der Waals surface area contributed by atoms with E-state index in [2.05, 4.69) is 20.4 Å². The molecule has 3 aromatic heterocycles. The number of carbonyl (C=O) groups is 1. The van der Waals surface area contributed by atoms with E-state index in [0.29, 0.717) is 17.3 Å². The summed E-state index contributed by atoms with van der Waals surface area (Å²) in [5.74, 6) is 0.0778. The number of pyridine rings is 2. The quantitative estimate of drug-likeness (QED) is 0.626. The lowest BCUT2D eigenvalue weighted by molar-refractivity contribution is -0.137. The Bertz CT molecular complexity index is 1090. The van der Waals surface area contributed by atoms with Crippen molar-refractivity contribution in [2.24, 2.45) is 0 Å². The monoisotopic (exact) mass is 445 g/mol.